The monoisotopic (exact) mass is 365 g/mol. The SMILES string of the molecule is Cc1ccc(F)cc1CN1CCn2nc(OCc3ccccc3)cc2C1=O. The first-order valence-corrected chi connectivity index (χ1v) is 8.89. The lowest BCUT2D eigenvalue weighted by molar-refractivity contribution is 0.0683. The number of hydrogen-bond donors (Lipinski definition) is 0. The maximum atomic E-state index is 13.5. The molecule has 0 N–H and O–H groups in total. The number of amides is 1. The Morgan fingerprint density at radius 1 is 1.11 bits per heavy atom. The van der Waals surface area contributed by atoms with E-state index in [0.717, 1.165) is 16.7 Å². The number of carbonyl (C=O) groups excluding carboxylic acids is 1. The molecule has 0 spiro atoms. The first-order chi connectivity index (χ1) is 13.1. The van der Waals surface area contributed by atoms with Gasteiger partial charge >= 0.3 is 0 Å². The number of benzene rings is 2. The number of nitrogens with zero attached hydrogens (tertiary/aromatic N) is 3. The van der Waals surface area contributed by atoms with Gasteiger partial charge in [-0.3, -0.25) is 9.48 Å². The van der Waals surface area contributed by atoms with E-state index in [-0.39, 0.29) is 11.7 Å². The molecule has 6 heteroatoms. The molecule has 2 aromatic carbocycles. The van der Waals surface area contributed by atoms with Gasteiger partial charge in [-0.05, 0) is 35.7 Å². The molecule has 2 heterocycles. The largest absolute Gasteiger partial charge is 0.472 e. The average molecular weight is 365 g/mol. The van der Waals surface area contributed by atoms with Gasteiger partial charge in [0.05, 0.1) is 6.54 Å². The first-order valence-electron chi connectivity index (χ1n) is 8.89. The molecule has 1 aliphatic heterocycles. The summed E-state index contributed by atoms with van der Waals surface area (Å²) in [7, 11) is 0. The Morgan fingerprint density at radius 2 is 1.93 bits per heavy atom. The van der Waals surface area contributed by atoms with Crippen LogP contribution in [-0.4, -0.2) is 27.1 Å². The summed E-state index contributed by atoms with van der Waals surface area (Å²) in [5, 5.41) is 4.38. The van der Waals surface area contributed by atoms with Crippen LogP contribution in [0, 0.1) is 12.7 Å². The van der Waals surface area contributed by atoms with Gasteiger partial charge in [0.2, 0.25) is 5.88 Å². The Hall–Kier alpha value is -3.15. The summed E-state index contributed by atoms with van der Waals surface area (Å²) in [5.74, 6) is 0.0275. The van der Waals surface area contributed by atoms with Crippen molar-refractivity contribution in [3.05, 3.63) is 82.8 Å². The summed E-state index contributed by atoms with van der Waals surface area (Å²) in [4.78, 5) is 14.5. The Labute approximate surface area is 157 Å². The van der Waals surface area contributed by atoms with Crippen LogP contribution in [-0.2, 0) is 19.7 Å². The van der Waals surface area contributed by atoms with Gasteiger partial charge in [-0.2, -0.15) is 0 Å². The summed E-state index contributed by atoms with van der Waals surface area (Å²) >= 11 is 0. The van der Waals surface area contributed by atoms with Crippen molar-refractivity contribution in [2.45, 2.75) is 26.6 Å². The first kappa shape index (κ1) is 17.3. The van der Waals surface area contributed by atoms with Gasteiger partial charge in [0.1, 0.15) is 18.1 Å². The van der Waals surface area contributed by atoms with Gasteiger partial charge in [-0.25, -0.2) is 4.39 Å². The lowest BCUT2D eigenvalue weighted by Crippen LogP contribution is -2.39. The van der Waals surface area contributed by atoms with Gasteiger partial charge in [0.25, 0.3) is 5.91 Å². The summed E-state index contributed by atoms with van der Waals surface area (Å²) in [6, 6.07) is 16.1. The fourth-order valence-corrected chi connectivity index (χ4v) is 3.18. The predicted molar refractivity (Wildman–Crippen MR) is 98.9 cm³/mol. The molecule has 5 nitrogen and oxygen atoms in total. The van der Waals surface area contributed by atoms with Crippen LogP contribution in [0.25, 0.3) is 0 Å². The van der Waals surface area contributed by atoms with Crippen molar-refractivity contribution in [1.29, 1.82) is 0 Å². The molecule has 1 aliphatic rings. The van der Waals surface area contributed by atoms with Crippen LogP contribution >= 0.6 is 0 Å². The molecule has 0 aliphatic carbocycles. The van der Waals surface area contributed by atoms with Crippen molar-refractivity contribution in [3.63, 3.8) is 0 Å². The zero-order chi connectivity index (χ0) is 18.8. The minimum atomic E-state index is -0.290. The van der Waals surface area contributed by atoms with Crippen molar-refractivity contribution >= 4 is 5.91 Å². The molecular weight excluding hydrogens is 345 g/mol. The average Bonchev–Trinajstić information content (AvgIpc) is 3.10. The van der Waals surface area contributed by atoms with E-state index in [1.165, 1.54) is 12.1 Å². The molecule has 0 radical (unpaired) electrons. The van der Waals surface area contributed by atoms with Crippen molar-refractivity contribution in [1.82, 2.24) is 14.7 Å². The van der Waals surface area contributed by atoms with E-state index in [0.29, 0.717) is 37.8 Å². The molecule has 138 valence electrons. The second kappa shape index (κ2) is 7.23. The van der Waals surface area contributed by atoms with Crippen molar-refractivity contribution in [3.8, 4) is 5.88 Å². The molecule has 3 aromatic rings. The van der Waals surface area contributed by atoms with Crippen LogP contribution in [0.1, 0.15) is 27.2 Å². The molecule has 1 amide bonds. The van der Waals surface area contributed by atoms with Crippen LogP contribution in [0.5, 0.6) is 5.88 Å². The third-order valence-corrected chi connectivity index (χ3v) is 4.75. The molecule has 0 unspecified atom stereocenters. The van der Waals surface area contributed by atoms with E-state index in [1.54, 1.807) is 21.7 Å². The van der Waals surface area contributed by atoms with Crippen LogP contribution < -0.4 is 4.74 Å². The van der Waals surface area contributed by atoms with Gasteiger partial charge in [0.15, 0.2) is 0 Å². The molecule has 0 bridgehead atoms. The maximum absolute atomic E-state index is 13.5. The highest BCUT2D eigenvalue weighted by Crippen LogP contribution is 2.22. The van der Waals surface area contributed by atoms with E-state index < -0.39 is 0 Å². The minimum absolute atomic E-state index is 0.119. The molecule has 1 aromatic heterocycles. The molecule has 0 atom stereocenters. The van der Waals surface area contributed by atoms with E-state index in [9.17, 15) is 9.18 Å². The molecule has 27 heavy (non-hydrogen) atoms. The Balaban J connectivity index is 1.47. The highest BCUT2D eigenvalue weighted by Gasteiger charge is 2.27. The van der Waals surface area contributed by atoms with Crippen molar-refractivity contribution < 1.29 is 13.9 Å². The number of aromatic nitrogens is 2. The summed E-state index contributed by atoms with van der Waals surface area (Å²) in [5.41, 5.74) is 3.32. The number of rotatable bonds is 5. The Bertz CT molecular complexity index is 969. The van der Waals surface area contributed by atoms with Crippen LogP contribution in [0.15, 0.2) is 54.6 Å². The Kier molecular flexibility index (Phi) is 4.62. The van der Waals surface area contributed by atoms with Gasteiger partial charge in [0, 0.05) is 19.2 Å². The predicted octanol–water partition coefficient (Wildman–Crippen LogP) is 3.57. The smallest absolute Gasteiger partial charge is 0.272 e. The number of fused-ring (bicyclic) bond motifs is 1. The topological polar surface area (TPSA) is 47.4 Å². The molecule has 0 saturated heterocycles. The van der Waals surface area contributed by atoms with Gasteiger partial charge in [-0.15, -0.1) is 5.10 Å². The molecule has 0 fully saturated rings. The standard InChI is InChI=1S/C21H20FN3O2/c1-15-7-8-18(22)11-17(15)13-24-9-10-25-19(21(24)26)12-20(23-25)27-14-16-5-3-2-4-6-16/h2-8,11-12H,9-10,13-14H2,1H3. The molecular formula is C21H20FN3O2. The van der Waals surface area contributed by atoms with Gasteiger partial charge < -0.3 is 9.64 Å². The fourth-order valence-electron chi connectivity index (χ4n) is 3.18. The molecule has 0 saturated carbocycles. The minimum Gasteiger partial charge on any atom is -0.472 e. The van der Waals surface area contributed by atoms with Crippen molar-refractivity contribution in [2.75, 3.05) is 6.54 Å². The quantitative estimate of drug-likeness (QED) is 0.695. The second-order valence-electron chi connectivity index (χ2n) is 6.66. The third-order valence-electron chi connectivity index (χ3n) is 4.75. The summed E-state index contributed by atoms with van der Waals surface area (Å²) in [6.07, 6.45) is 0. The summed E-state index contributed by atoms with van der Waals surface area (Å²) in [6.45, 7) is 3.82. The molecule has 4 rings (SSSR count). The van der Waals surface area contributed by atoms with E-state index in [1.807, 2.05) is 37.3 Å². The van der Waals surface area contributed by atoms with Crippen LogP contribution in [0.2, 0.25) is 0 Å². The second-order valence-corrected chi connectivity index (χ2v) is 6.66. The van der Waals surface area contributed by atoms with E-state index in [4.69, 9.17) is 4.74 Å². The number of carbonyl (C=O) groups is 1. The zero-order valence-corrected chi connectivity index (χ0v) is 15.1. The number of aryl methyl sites for hydroxylation is 1. The zero-order valence-electron chi connectivity index (χ0n) is 15.1. The lowest BCUT2D eigenvalue weighted by atomic mass is 10.1. The fraction of sp³-hybridized carbons (Fsp3) is 0.238. The van der Waals surface area contributed by atoms with Crippen LogP contribution in [0.3, 0.4) is 0 Å². The van der Waals surface area contributed by atoms with E-state index in [2.05, 4.69) is 5.10 Å². The van der Waals surface area contributed by atoms with Gasteiger partial charge in [-0.1, -0.05) is 36.4 Å². The summed E-state index contributed by atoms with van der Waals surface area (Å²) < 4.78 is 20.9. The highest BCUT2D eigenvalue weighted by molar-refractivity contribution is 5.93. The lowest BCUT2D eigenvalue weighted by Gasteiger charge is -2.27. The third kappa shape index (κ3) is 3.69. The van der Waals surface area contributed by atoms with Crippen molar-refractivity contribution in [2.24, 2.45) is 0 Å². The Morgan fingerprint density at radius 3 is 2.74 bits per heavy atom. The number of ether oxygens (including phenoxy) is 1. The number of hydrogen-bond acceptors (Lipinski definition) is 3. The normalized spacial score (nSPS) is 13.6. The van der Waals surface area contributed by atoms with Crippen LogP contribution in [0.4, 0.5) is 4.39 Å². The maximum Gasteiger partial charge on any atom is 0.272 e. The number of halogens is 1. The highest BCUT2D eigenvalue weighted by atomic mass is 19.1. The van der Waals surface area contributed by atoms with E-state index >= 15 is 0 Å².